The number of urea groups is 1. The summed E-state index contributed by atoms with van der Waals surface area (Å²) in [6, 6.07) is 8.18. The summed E-state index contributed by atoms with van der Waals surface area (Å²) in [6.45, 7) is 6.69. The molecule has 3 rings (SSSR count). The van der Waals surface area contributed by atoms with E-state index in [1.165, 1.54) is 5.69 Å². The van der Waals surface area contributed by atoms with Crippen molar-refractivity contribution < 1.29 is 14.3 Å². The number of rotatable bonds is 4. The Kier molecular flexibility index (Phi) is 5.45. The first-order chi connectivity index (χ1) is 11.7. The highest BCUT2D eigenvalue weighted by atomic mass is 16.5. The Labute approximate surface area is 143 Å². The van der Waals surface area contributed by atoms with E-state index in [4.69, 9.17) is 9.47 Å². The van der Waals surface area contributed by atoms with Crippen LogP contribution in [0.25, 0.3) is 0 Å². The molecule has 0 aromatic heterocycles. The second-order valence-corrected chi connectivity index (χ2v) is 6.62. The molecule has 6 nitrogen and oxygen atoms in total. The molecule has 2 aliphatic rings. The van der Waals surface area contributed by atoms with E-state index in [0.29, 0.717) is 25.6 Å². The monoisotopic (exact) mass is 333 g/mol. The minimum atomic E-state index is 0.0324. The van der Waals surface area contributed by atoms with Crippen LogP contribution in [0.4, 0.5) is 10.5 Å². The molecule has 24 heavy (non-hydrogen) atoms. The van der Waals surface area contributed by atoms with Crippen molar-refractivity contribution in [1.29, 1.82) is 0 Å². The van der Waals surface area contributed by atoms with Gasteiger partial charge in [0, 0.05) is 44.5 Å². The minimum absolute atomic E-state index is 0.0324. The summed E-state index contributed by atoms with van der Waals surface area (Å²) in [7, 11) is 1.69. The lowest BCUT2D eigenvalue weighted by atomic mass is 10.1. The predicted octanol–water partition coefficient (Wildman–Crippen LogP) is 1.95. The zero-order chi connectivity index (χ0) is 16.9. The van der Waals surface area contributed by atoms with Gasteiger partial charge in [0.15, 0.2) is 0 Å². The van der Waals surface area contributed by atoms with Crippen LogP contribution in [-0.4, -0.2) is 63.5 Å². The molecule has 2 fully saturated rings. The molecule has 1 aromatic carbocycles. The molecule has 0 aliphatic carbocycles. The third-order valence-corrected chi connectivity index (χ3v) is 4.77. The van der Waals surface area contributed by atoms with Gasteiger partial charge in [0.2, 0.25) is 0 Å². The van der Waals surface area contributed by atoms with E-state index in [2.05, 4.69) is 22.3 Å². The number of methoxy groups -OCH3 is 1. The Morgan fingerprint density at radius 3 is 3.04 bits per heavy atom. The topological polar surface area (TPSA) is 54.0 Å². The molecular formula is C18H27N3O3. The Morgan fingerprint density at radius 1 is 1.38 bits per heavy atom. The number of carbonyl (C=O) groups is 1. The standard InChI is InChI=1S/C18H27N3O3/c1-14-12-21(8-9-24-14)18(22)19-11-15-6-7-20(13-15)16-4-3-5-17(10-16)23-2/h3-5,10,14-15H,6-9,11-13H2,1-2H3,(H,19,22)/t14-,15+/m0/s1. The quantitative estimate of drug-likeness (QED) is 0.915. The van der Waals surface area contributed by atoms with Crippen LogP contribution in [0, 0.1) is 5.92 Å². The fourth-order valence-electron chi connectivity index (χ4n) is 3.39. The number of ether oxygens (including phenoxy) is 2. The van der Waals surface area contributed by atoms with E-state index in [1.54, 1.807) is 7.11 Å². The largest absolute Gasteiger partial charge is 0.497 e. The molecule has 1 N–H and O–H groups in total. The van der Waals surface area contributed by atoms with E-state index in [0.717, 1.165) is 31.8 Å². The molecule has 2 atom stereocenters. The molecule has 2 heterocycles. The molecule has 0 spiro atoms. The number of anilines is 1. The average Bonchev–Trinajstić information content (AvgIpc) is 3.09. The van der Waals surface area contributed by atoms with E-state index < -0.39 is 0 Å². The fraction of sp³-hybridized carbons (Fsp3) is 0.611. The lowest BCUT2D eigenvalue weighted by Gasteiger charge is -2.31. The first-order valence-corrected chi connectivity index (χ1v) is 8.69. The van der Waals surface area contributed by atoms with Gasteiger partial charge in [-0.3, -0.25) is 0 Å². The smallest absolute Gasteiger partial charge is 0.317 e. The van der Waals surface area contributed by atoms with Crippen molar-refractivity contribution in [1.82, 2.24) is 10.2 Å². The van der Waals surface area contributed by atoms with Crippen molar-refractivity contribution in [3.05, 3.63) is 24.3 Å². The summed E-state index contributed by atoms with van der Waals surface area (Å²) in [5.41, 5.74) is 1.19. The predicted molar refractivity (Wildman–Crippen MR) is 93.7 cm³/mol. The van der Waals surface area contributed by atoms with Crippen LogP contribution in [0.2, 0.25) is 0 Å². The second kappa shape index (κ2) is 7.75. The highest BCUT2D eigenvalue weighted by Gasteiger charge is 2.25. The zero-order valence-electron chi connectivity index (χ0n) is 14.5. The lowest BCUT2D eigenvalue weighted by Crippen LogP contribution is -2.49. The van der Waals surface area contributed by atoms with E-state index in [-0.39, 0.29) is 12.1 Å². The van der Waals surface area contributed by atoms with Crippen molar-refractivity contribution in [3.8, 4) is 5.75 Å². The fourth-order valence-corrected chi connectivity index (χ4v) is 3.39. The number of benzene rings is 1. The molecule has 1 aromatic rings. The molecule has 2 saturated heterocycles. The summed E-state index contributed by atoms with van der Waals surface area (Å²) < 4.78 is 10.8. The molecular weight excluding hydrogens is 306 g/mol. The number of hydrogen-bond acceptors (Lipinski definition) is 4. The number of morpholine rings is 1. The maximum Gasteiger partial charge on any atom is 0.317 e. The Balaban J connectivity index is 1.46. The highest BCUT2D eigenvalue weighted by molar-refractivity contribution is 5.74. The van der Waals surface area contributed by atoms with Gasteiger partial charge in [-0.25, -0.2) is 4.79 Å². The number of carbonyl (C=O) groups excluding carboxylic acids is 1. The molecule has 0 bridgehead atoms. The highest BCUT2D eigenvalue weighted by Crippen LogP contribution is 2.26. The van der Waals surface area contributed by atoms with Crippen LogP contribution in [-0.2, 0) is 4.74 Å². The number of nitrogens with one attached hydrogen (secondary N) is 1. The first-order valence-electron chi connectivity index (χ1n) is 8.69. The second-order valence-electron chi connectivity index (χ2n) is 6.62. The van der Waals surface area contributed by atoms with Crippen molar-refractivity contribution in [3.63, 3.8) is 0 Å². The molecule has 0 unspecified atom stereocenters. The maximum absolute atomic E-state index is 12.3. The van der Waals surface area contributed by atoms with Crippen molar-refractivity contribution in [2.45, 2.75) is 19.4 Å². The van der Waals surface area contributed by atoms with Crippen LogP contribution >= 0.6 is 0 Å². The summed E-state index contributed by atoms with van der Waals surface area (Å²) in [4.78, 5) is 16.5. The van der Waals surface area contributed by atoms with Gasteiger partial charge < -0.3 is 24.6 Å². The van der Waals surface area contributed by atoms with E-state index in [1.807, 2.05) is 24.0 Å². The van der Waals surface area contributed by atoms with Crippen LogP contribution in [0.1, 0.15) is 13.3 Å². The summed E-state index contributed by atoms with van der Waals surface area (Å²) in [5.74, 6) is 1.37. The van der Waals surface area contributed by atoms with Gasteiger partial charge in [0.05, 0.1) is 19.8 Å². The molecule has 2 aliphatic heterocycles. The van der Waals surface area contributed by atoms with Gasteiger partial charge in [0.25, 0.3) is 0 Å². The zero-order valence-corrected chi connectivity index (χ0v) is 14.5. The van der Waals surface area contributed by atoms with Crippen molar-refractivity contribution >= 4 is 11.7 Å². The van der Waals surface area contributed by atoms with E-state index in [9.17, 15) is 4.79 Å². The lowest BCUT2D eigenvalue weighted by molar-refractivity contribution is -0.00355. The Bertz CT molecular complexity index is 566. The molecule has 6 heteroatoms. The number of amides is 2. The summed E-state index contributed by atoms with van der Waals surface area (Å²) >= 11 is 0. The molecule has 2 amide bonds. The van der Waals surface area contributed by atoms with E-state index >= 15 is 0 Å². The van der Waals surface area contributed by atoms with Crippen LogP contribution in [0.3, 0.4) is 0 Å². The molecule has 0 radical (unpaired) electrons. The molecule has 0 saturated carbocycles. The van der Waals surface area contributed by atoms with Crippen LogP contribution in [0.15, 0.2) is 24.3 Å². The van der Waals surface area contributed by atoms with Gasteiger partial charge in [0.1, 0.15) is 5.75 Å². The van der Waals surface area contributed by atoms with Crippen molar-refractivity contribution in [2.24, 2.45) is 5.92 Å². The third kappa shape index (κ3) is 4.12. The Morgan fingerprint density at radius 2 is 2.25 bits per heavy atom. The van der Waals surface area contributed by atoms with Gasteiger partial charge in [-0.05, 0) is 31.4 Å². The van der Waals surface area contributed by atoms with Gasteiger partial charge in [-0.2, -0.15) is 0 Å². The average molecular weight is 333 g/mol. The molecule has 132 valence electrons. The minimum Gasteiger partial charge on any atom is -0.497 e. The van der Waals surface area contributed by atoms with Gasteiger partial charge >= 0.3 is 6.03 Å². The van der Waals surface area contributed by atoms with Gasteiger partial charge in [-0.15, -0.1) is 0 Å². The van der Waals surface area contributed by atoms with Crippen LogP contribution in [0.5, 0.6) is 5.75 Å². The van der Waals surface area contributed by atoms with Crippen molar-refractivity contribution in [2.75, 3.05) is 51.3 Å². The third-order valence-electron chi connectivity index (χ3n) is 4.77. The summed E-state index contributed by atoms with van der Waals surface area (Å²) in [5, 5.41) is 3.09. The number of nitrogens with zero attached hydrogens (tertiary/aromatic N) is 2. The summed E-state index contributed by atoms with van der Waals surface area (Å²) in [6.07, 6.45) is 1.22. The SMILES string of the molecule is COc1cccc(N2CC[C@H](CNC(=O)N3CCO[C@@H](C)C3)C2)c1. The first kappa shape index (κ1) is 16.9. The van der Waals surface area contributed by atoms with Crippen LogP contribution < -0.4 is 15.0 Å². The maximum atomic E-state index is 12.3. The number of hydrogen-bond donors (Lipinski definition) is 1. The Hall–Kier alpha value is -1.95. The van der Waals surface area contributed by atoms with Gasteiger partial charge in [-0.1, -0.05) is 6.07 Å². The normalized spacial score (nSPS) is 24.1.